The number of thiazole rings is 1. The van der Waals surface area contributed by atoms with Crippen LogP contribution in [0.25, 0.3) is 0 Å². The summed E-state index contributed by atoms with van der Waals surface area (Å²) < 4.78 is 0. The van der Waals surface area contributed by atoms with Gasteiger partial charge >= 0.3 is 0 Å². The lowest BCUT2D eigenvalue weighted by Gasteiger charge is -2.00. The highest BCUT2D eigenvalue weighted by molar-refractivity contribution is 7.07. The van der Waals surface area contributed by atoms with E-state index in [9.17, 15) is 0 Å². The summed E-state index contributed by atoms with van der Waals surface area (Å²) in [6.45, 7) is 0. The zero-order chi connectivity index (χ0) is 9.97. The van der Waals surface area contributed by atoms with Gasteiger partial charge in [0.05, 0.1) is 29.5 Å². The first kappa shape index (κ1) is 8.89. The van der Waals surface area contributed by atoms with Crippen molar-refractivity contribution < 1.29 is 0 Å². The highest BCUT2D eigenvalue weighted by Crippen LogP contribution is 2.11. The zero-order valence-corrected chi connectivity index (χ0v) is 8.16. The standard InChI is InChI=1S/C8H9N5S/c9-6-2-11-7(13-8(6)10)1-5-3-14-4-12-5/h2-4H,1,9H2,(H2,10,11,13). The number of rotatable bonds is 2. The van der Waals surface area contributed by atoms with Crippen molar-refractivity contribution in [1.82, 2.24) is 15.0 Å². The third-order valence-electron chi connectivity index (χ3n) is 1.72. The second-order valence-corrected chi connectivity index (χ2v) is 3.50. The number of nitrogen functional groups attached to an aromatic ring is 2. The Morgan fingerprint density at radius 3 is 2.79 bits per heavy atom. The lowest BCUT2D eigenvalue weighted by molar-refractivity contribution is 0.952. The lowest BCUT2D eigenvalue weighted by Crippen LogP contribution is -2.04. The van der Waals surface area contributed by atoms with E-state index in [0.717, 1.165) is 5.69 Å². The molecule has 0 bridgehead atoms. The second kappa shape index (κ2) is 3.59. The number of anilines is 2. The first-order valence-corrected chi connectivity index (χ1v) is 4.94. The molecule has 0 aromatic carbocycles. The Morgan fingerprint density at radius 2 is 2.14 bits per heavy atom. The van der Waals surface area contributed by atoms with Crippen molar-refractivity contribution in [1.29, 1.82) is 0 Å². The van der Waals surface area contributed by atoms with Crippen LogP contribution in [0.4, 0.5) is 11.5 Å². The smallest absolute Gasteiger partial charge is 0.150 e. The molecular weight excluding hydrogens is 198 g/mol. The van der Waals surface area contributed by atoms with Gasteiger partial charge in [0.15, 0.2) is 0 Å². The van der Waals surface area contributed by atoms with Crippen molar-refractivity contribution in [2.75, 3.05) is 11.5 Å². The van der Waals surface area contributed by atoms with Gasteiger partial charge in [-0.2, -0.15) is 0 Å². The molecule has 0 fully saturated rings. The molecule has 2 heterocycles. The third-order valence-corrected chi connectivity index (χ3v) is 2.36. The first-order chi connectivity index (χ1) is 6.75. The van der Waals surface area contributed by atoms with E-state index < -0.39 is 0 Å². The number of hydrogen-bond donors (Lipinski definition) is 2. The van der Waals surface area contributed by atoms with Gasteiger partial charge in [-0.15, -0.1) is 11.3 Å². The summed E-state index contributed by atoms with van der Waals surface area (Å²) in [7, 11) is 0. The van der Waals surface area contributed by atoms with E-state index in [4.69, 9.17) is 11.5 Å². The quantitative estimate of drug-likeness (QED) is 0.756. The lowest BCUT2D eigenvalue weighted by atomic mass is 10.3. The third kappa shape index (κ3) is 1.80. The molecule has 14 heavy (non-hydrogen) atoms. The van der Waals surface area contributed by atoms with Crippen LogP contribution in [0.15, 0.2) is 17.1 Å². The molecule has 6 heteroatoms. The molecule has 0 amide bonds. The molecule has 0 spiro atoms. The summed E-state index contributed by atoms with van der Waals surface area (Å²) in [6.07, 6.45) is 2.11. The molecule has 0 aliphatic heterocycles. The Kier molecular flexibility index (Phi) is 2.28. The fourth-order valence-electron chi connectivity index (χ4n) is 1.01. The fraction of sp³-hybridized carbons (Fsp3) is 0.125. The maximum absolute atomic E-state index is 5.56. The van der Waals surface area contributed by atoms with Crippen LogP contribution in [0, 0.1) is 0 Å². The van der Waals surface area contributed by atoms with Gasteiger partial charge in [-0.1, -0.05) is 0 Å². The van der Waals surface area contributed by atoms with Gasteiger partial charge in [-0.05, 0) is 0 Å². The van der Waals surface area contributed by atoms with Crippen LogP contribution < -0.4 is 11.5 Å². The van der Waals surface area contributed by atoms with Crippen LogP contribution in [-0.2, 0) is 6.42 Å². The summed E-state index contributed by atoms with van der Waals surface area (Å²) in [5.41, 5.74) is 14.2. The Bertz CT molecular complexity index is 425. The van der Waals surface area contributed by atoms with Crippen molar-refractivity contribution in [3.63, 3.8) is 0 Å². The minimum atomic E-state index is 0.324. The molecular formula is C8H9N5S. The maximum atomic E-state index is 5.56. The SMILES string of the molecule is Nc1cnc(Cc2cscn2)nc1N. The highest BCUT2D eigenvalue weighted by Gasteiger charge is 2.03. The molecule has 2 aromatic heterocycles. The molecule has 0 aliphatic rings. The van der Waals surface area contributed by atoms with Gasteiger partial charge in [0.25, 0.3) is 0 Å². The van der Waals surface area contributed by atoms with Crippen molar-refractivity contribution >= 4 is 22.8 Å². The van der Waals surface area contributed by atoms with Crippen LogP contribution in [-0.4, -0.2) is 15.0 Å². The summed E-state index contributed by atoms with van der Waals surface area (Å²) in [4.78, 5) is 12.2. The van der Waals surface area contributed by atoms with Crippen molar-refractivity contribution in [3.05, 3.63) is 28.6 Å². The molecule has 0 atom stereocenters. The molecule has 2 rings (SSSR count). The van der Waals surface area contributed by atoms with E-state index in [1.165, 1.54) is 6.20 Å². The Hall–Kier alpha value is -1.69. The van der Waals surface area contributed by atoms with Gasteiger partial charge in [0.2, 0.25) is 0 Å². The predicted molar refractivity (Wildman–Crippen MR) is 55.8 cm³/mol. The van der Waals surface area contributed by atoms with Gasteiger partial charge in [0, 0.05) is 5.38 Å². The molecule has 0 unspecified atom stereocenters. The zero-order valence-electron chi connectivity index (χ0n) is 7.34. The summed E-state index contributed by atoms with van der Waals surface area (Å²) in [5.74, 6) is 0.966. The summed E-state index contributed by atoms with van der Waals surface area (Å²) in [6, 6.07) is 0. The van der Waals surface area contributed by atoms with E-state index in [1.54, 1.807) is 16.8 Å². The van der Waals surface area contributed by atoms with Gasteiger partial charge in [-0.25, -0.2) is 15.0 Å². The average Bonchev–Trinajstić information content (AvgIpc) is 2.64. The van der Waals surface area contributed by atoms with Crippen LogP contribution in [0.2, 0.25) is 0 Å². The van der Waals surface area contributed by atoms with E-state index in [2.05, 4.69) is 15.0 Å². The Morgan fingerprint density at radius 1 is 1.29 bits per heavy atom. The van der Waals surface area contributed by atoms with Crippen LogP contribution in [0.1, 0.15) is 11.5 Å². The molecule has 0 aliphatic carbocycles. The molecule has 2 aromatic rings. The summed E-state index contributed by atoms with van der Waals surface area (Å²) >= 11 is 1.54. The van der Waals surface area contributed by atoms with Gasteiger partial charge in [-0.3, -0.25) is 0 Å². The van der Waals surface area contributed by atoms with Crippen LogP contribution >= 0.6 is 11.3 Å². The highest BCUT2D eigenvalue weighted by atomic mass is 32.1. The van der Waals surface area contributed by atoms with Crippen LogP contribution in [0.5, 0.6) is 0 Å². The van der Waals surface area contributed by atoms with Crippen molar-refractivity contribution in [2.24, 2.45) is 0 Å². The molecule has 0 radical (unpaired) electrons. The van der Waals surface area contributed by atoms with E-state index in [-0.39, 0.29) is 0 Å². The normalized spacial score (nSPS) is 10.3. The van der Waals surface area contributed by atoms with E-state index in [0.29, 0.717) is 23.8 Å². The average molecular weight is 207 g/mol. The maximum Gasteiger partial charge on any atom is 0.150 e. The largest absolute Gasteiger partial charge is 0.394 e. The van der Waals surface area contributed by atoms with Gasteiger partial charge in [0.1, 0.15) is 11.6 Å². The number of aromatic nitrogens is 3. The van der Waals surface area contributed by atoms with Crippen LogP contribution in [0.3, 0.4) is 0 Å². The number of nitrogens with zero attached hydrogens (tertiary/aromatic N) is 3. The van der Waals surface area contributed by atoms with E-state index in [1.807, 2.05) is 5.38 Å². The van der Waals surface area contributed by atoms with E-state index >= 15 is 0 Å². The molecule has 0 saturated carbocycles. The number of nitrogens with two attached hydrogens (primary N) is 2. The molecule has 4 N–H and O–H groups in total. The van der Waals surface area contributed by atoms with Crippen molar-refractivity contribution in [2.45, 2.75) is 6.42 Å². The monoisotopic (exact) mass is 207 g/mol. The molecule has 0 saturated heterocycles. The Balaban J connectivity index is 2.22. The fourth-order valence-corrected chi connectivity index (χ4v) is 1.57. The molecule has 72 valence electrons. The predicted octanol–water partition coefficient (Wildman–Crippen LogP) is 0.688. The topological polar surface area (TPSA) is 90.7 Å². The first-order valence-electron chi connectivity index (χ1n) is 3.99. The minimum absolute atomic E-state index is 0.324. The Labute approximate surface area is 84.8 Å². The van der Waals surface area contributed by atoms with Crippen molar-refractivity contribution in [3.8, 4) is 0 Å². The number of hydrogen-bond acceptors (Lipinski definition) is 6. The summed E-state index contributed by atoms with van der Waals surface area (Å²) in [5, 5.41) is 1.95. The van der Waals surface area contributed by atoms with Gasteiger partial charge < -0.3 is 11.5 Å². The molecule has 5 nitrogen and oxygen atoms in total. The minimum Gasteiger partial charge on any atom is -0.394 e. The second-order valence-electron chi connectivity index (χ2n) is 2.78.